The van der Waals surface area contributed by atoms with E-state index < -0.39 is 4.92 Å². The summed E-state index contributed by atoms with van der Waals surface area (Å²) in [6.45, 7) is 2.83. The quantitative estimate of drug-likeness (QED) is 0.644. The minimum Gasteiger partial charge on any atom is -0.492 e. The highest BCUT2D eigenvalue weighted by molar-refractivity contribution is 5.37. The lowest BCUT2D eigenvalue weighted by Gasteiger charge is -2.29. The van der Waals surface area contributed by atoms with Gasteiger partial charge in [-0.25, -0.2) is 0 Å². The molecule has 1 aliphatic heterocycles. The minimum absolute atomic E-state index is 0.0332. The lowest BCUT2D eigenvalue weighted by atomic mass is 10.1. The Labute approximate surface area is 111 Å². The summed E-state index contributed by atoms with van der Waals surface area (Å²) in [4.78, 5) is 12.3. The third kappa shape index (κ3) is 4.18. The molecular weight excluding hydrogens is 248 g/mol. The molecule has 1 N–H and O–H groups in total. The molecule has 2 rings (SSSR count). The van der Waals surface area contributed by atoms with Gasteiger partial charge in [-0.3, -0.25) is 15.0 Å². The zero-order valence-corrected chi connectivity index (χ0v) is 10.7. The van der Waals surface area contributed by atoms with Crippen LogP contribution in [-0.4, -0.2) is 47.3 Å². The molecule has 6 nitrogen and oxygen atoms in total. The van der Waals surface area contributed by atoms with Gasteiger partial charge < -0.3 is 9.84 Å². The molecule has 104 valence electrons. The van der Waals surface area contributed by atoms with Gasteiger partial charge >= 0.3 is 0 Å². The van der Waals surface area contributed by atoms with Crippen LogP contribution in [0, 0.1) is 10.1 Å². The first-order valence-electron chi connectivity index (χ1n) is 6.43. The Kier molecular flexibility index (Phi) is 4.70. The number of rotatable bonds is 5. The fraction of sp³-hybridized carbons (Fsp3) is 0.538. The van der Waals surface area contributed by atoms with Crippen LogP contribution >= 0.6 is 0 Å². The van der Waals surface area contributed by atoms with Crippen molar-refractivity contribution in [3.63, 3.8) is 0 Å². The number of aliphatic hydroxyl groups is 1. The molecule has 6 heteroatoms. The average Bonchev–Trinajstić information content (AvgIpc) is 2.39. The summed E-state index contributed by atoms with van der Waals surface area (Å²) in [7, 11) is 0. The molecule has 1 aromatic rings. The van der Waals surface area contributed by atoms with Crippen molar-refractivity contribution < 1.29 is 14.8 Å². The zero-order chi connectivity index (χ0) is 13.7. The summed E-state index contributed by atoms with van der Waals surface area (Å²) in [6, 6.07) is 6.18. The van der Waals surface area contributed by atoms with Crippen LogP contribution in [0.5, 0.6) is 5.75 Å². The van der Waals surface area contributed by atoms with Gasteiger partial charge in [-0.2, -0.15) is 0 Å². The van der Waals surface area contributed by atoms with E-state index in [9.17, 15) is 15.2 Å². The monoisotopic (exact) mass is 266 g/mol. The molecule has 1 unspecified atom stereocenters. The molecule has 1 fully saturated rings. The van der Waals surface area contributed by atoms with Gasteiger partial charge in [0.15, 0.2) is 0 Å². The molecule has 1 saturated heterocycles. The normalized spacial score (nSPS) is 20.2. The van der Waals surface area contributed by atoms with Gasteiger partial charge in [0.2, 0.25) is 0 Å². The fourth-order valence-corrected chi connectivity index (χ4v) is 2.21. The molecule has 0 aliphatic carbocycles. The topological polar surface area (TPSA) is 75.8 Å². The second kappa shape index (κ2) is 6.49. The van der Waals surface area contributed by atoms with Crippen LogP contribution in [0.3, 0.4) is 0 Å². The van der Waals surface area contributed by atoms with E-state index in [2.05, 4.69) is 4.90 Å². The van der Waals surface area contributed by atoms with E-state index in [1.54, 1.807) is 12.1 Å². The highest BCUT2D eigenvalue weighted by Crippen LogP contribution is 2.19. The number of nitro benzene ring substituents is 1. The van der Waals surface area contributed by atoms with Gasteiger partial charge in [-0.15, -0.1) is 0 Å². The molecule has 19 heavy (non-hydrogen) atoms. The Hall–Kier alpha value is -1.66. The highest BCUT2D eigenvalue weighted by Gasteiger charge is 2.17. The number of nitrogens with zero attached hydrogens (tertiary/aromatic N) is 2. The number of likely N-dealkylation sites (tertiary alicyclic amines) is 1. The third-order valence-electron chi connectivity index (χ3n) is 3.19. The summed E-state index contributed by atoms with van der Waals surface area (Å²) in [5.74, 6) is 0.506. The summed E-state index contributed by atoms with van der Waals surface area (Å²) in [6.07, 6.45) is 1.62. The van der Waals surface area contributed by atoms with Crippen LogP contribution in [0.15, 0.2) is 24.3 Å². The van der Waals surface area contributed by atoms with E-state index in [0.29, 0.717) is 18.9 Å². The molecule has 1 aromatic carbocycles. The van der Waals surface area contributed by atoms with E-state index >= 15 is 0 Å². The van der Waals surface area contributed by atoms with E-state index in [-0.39, 0.29) is 11.8 Å². The lowest BCUT2D eigenvalue weighted by molar-refractivity contribution is -0.384. The largest absolute Gasteiger partial charge is 0.492 e. The second-order valence-electron chi connectivity index (χ2n) is 4.70. The molecule has 0 radical (unpaired) electrons. The van der Waals surface area contributed by atoms with Crippen molar-refractivity contribution in [2.45, 2.75) is 18.9 Å². The van der Waals surface area contributed by atoms with Crippen molar-refractivity contribution in [3.8, 4) is 5.75 Å². The maximum absolute atomic E-state index is 10.6. The van der Waals surface area contributed by atoms with Crippen LogP contribution < -0.4 is 4.74 Å². The Balaban J connectivity index is 1.79. The number of β-amino-alcohol motifs (C(OH)–C–C–N with tert-alkyl or cyclic N) is 1. The molecule has 0 bridgehead atoms. The van der Waals surface area contributed by atoms with E-state index in [0.717, 1.165) is 25.9 Å². The van der Waals surface area contributed by atoms with Crippen molar-refractivity contribution in [2.75, 3.05) is 26.2 Å². The maximum Gasteiger partial charge on any atom is 0.273 e. The minimum atomic E-state index is -0.437. The maximum atomic E-state index is 10.6. The Bertz CT molecular complexity index is 438. The fourth-order valence-electron chi connectivity index (χ4n) is 2.21. The van der Waals surface area contributed by atoms with Crippen molar-refractivity contribution >= 4 is 5.69 Å². The number of nitro groups is 1. The Morgan fingerprint density at radius 3 is 3.11 bits per heavy atom. The van der Waals surface area contributed by atoms with Gasteiger partial charge in [0.1, 0.15) is 12.4 Å². The molecule has 0 saturated carbocycles. The van der Waals surface area contributed by atoms with Crippen LogP contribution in [0.2, 0.25) is 0 Å². The summed E-state index contributed by atoms with van der Waals surface area (Å²) in [5, 5.41) is 20.2. The Morgan fingerprint density at radius 2 is 2.37 bits per heavy atom. The SMILES string of the molecule is O=[N+]([O-])c1cccc(OCCN2CCCC(O)C2)c1. The number of piperidine rings is 1. The summed E-state index contributed by atoms with van der Waals surface area (Å²) < 4.78 is 5.51. The number of hydrogen-bond acceptors (Lipinski definition) is 5. The van der Waals surface area contributed by atoms with Gasteiger partial charge in [0.05, 0.1) is 17.1 Å². The molecule has 1 atom stereocenters. The number of aliphatic hydroxyl groups excluding tert-OH is 1. The third-order valence-corrected chi connectivity index (χ3v) is 3.19. The molecule has 1 heterocycles. The Morgan fingerprint density at radius 1 is 1.53 bits per heavy atom. The molecular formula is C13H18N2O4. The van der Waals surface area contributed by atoms with E-state index in [1.165, 1.54) is 12.1 Å². The first kappa shape index (κ1) is 13.8. The standard InChI is InChI=1S/C13H18N2O4/c16-12-4-2-6-14(10-12)7-8-19-13-5-1-3-11(9-13)15(17)18/h1,3,5,9,12,16H,2,4,6-8,10H2. The van der Waals surface area contributed by atoms with E-state index in [1.807, 2.05) is 0 Å². The van der Waals surface area contributed by atoms with Gasteiger partial charge in [0, 0.05) is 19.2 Å². The van der Waals surface area contributed by atoms with Crippen LogP contribution in [-0.2, 0) is 0 Å². The smallest absolute Gasteiger partial charge is 0.273 e. The zero-order valence-electron chi connectivity index (χ0n) is 10.7. The van der Waals surface area contributed by atoms with Gasteiger partial charge in [0.25, 0.3) is 5.69 Å². The van der Waals surface area contributed by atoms with Crippen molar-refractivity contribution in [3.05, 3.63) is 34.4 Å². The van der Waals surface area contributed by atoms with Crippen molar-refractivity contribution in [2.24, 2.45) is 0 Å². The summed E-state index contributed by atoms with van der Waals surface area (Å²) in [5.41, 5.74) is 0.0332. The highest BCUT2D eigenvalue weighted by atomic mass is 16.6. The molecule has 0 amide bonds. The lowest BCUT2D eigenvalue weighted by Crippen LogP contribution is -2.40. The number of ether oxygens (including phenoxy) is 1. The predicted molar refractivity (Wildman–Crippen MR) is 70.3 cm³/mol. The first-order valence-corrected chi connectivity index (χ1v) is 6.43. The van der Waals surface area contributed by atoms with Crippen molar-refractivity contribution in [1.29, 1.82) is 0 Å². The van der Waals surface area contributed by atoms with Gasteiger partial charge in [-0.05, 0) is 25.5 Å². The average molecular weight is 266 g/mol. The number of hydrogen-bond donors (Lipinski definition) is 1. The molecule has 1 aliphatic rings. The van der Waals surface area contributed by atoms with Crippen LogP contribution in [0.4, 0.5) is 5.69 Å². The number of benzene rings is 1. The summed E-state index contributed by atoms with van der Waals surface area (Å²) >= 11 is 0. The molecule has 0 aromatic heterocycles. The van der Waals surface area contributed by atoms with E-state index in [4.69, 9.17) is 4.74 Å². The first-order chi connectivity index (χ1) is 9.15. The van der Waals surface area contributed by atoms with Crippen LogP contribution in [0.25, 0.3) is 0 Å². The van der Waals surface area contributed by atoms with Crippen LogP contribution in [0.1, 0.15) is 12.8 Å². The van der Waals surface area contributed by atoms with Crippen molar-refractivity contribution in [1.82, 2.24) is 4.90 Å². The predicted octanol–water partition coefficient (Wildman–Crippen LogP) is 1.43. The second-order valence-corrected chi connectivity index (χ2v) is 4.70. The molecule has 0 spiro atoms. The number of non-ortho nitro benzene ring substituents is 1. The van der Waals surface area contributed by atoms with Gasteiger partial charge in [-0.1, -0.05) is 6.07 Å².